The summed E-state index contributed by atoms with van der Waals surface area (Å²) in [5.74, 6) is 0. The predicted molar refractivity (Wildman–Crippen MR) is 78.1 cm³/mol. The summed E-state index contributed by atoms with van der Waals surface area (Å²) in [6, 6.07) is 10.9. The molecule has 0 aliphatic carbocycles. The molecule has 0 saturated heterocycles. The molecule has 0 bridgehead atoms. The Labute approximate surface area is 107 Å². The molecule has 0 fully saturated rings. The zero-order valence-electron chi connectivity index (χ0n) is 11.4. The Morgan fingerprint density at radius 2 is 1.65 bits per heavy atom. The maximum Gasteiger partial charge on any atom is -0.0228 e. The van der Waals surface area contributed by atoms with Gasteiger partial charge in [0.15, 0.2) is 0 Å². The van der Waals surface area contributed by atoms with Gasteiger partial charge in [-0.3, -0.25) is 0 Å². The number of hydrogen-bond donors (Lipinski definition) is 0. The van der Waals surface area contributed by atoms with Crippen LogP contribution in [0.25, 0.3) is 5.57 Å². The first-order valence-corrected chi connectivity index (χ1v) is 7.13. The molecule has 0 heteroatoms. The van der Waals surface area contributed by atoms with E-state index in [0.29, 0.717) is 0 Å². The van der Waals surface area contributed by atoms with Gasteiger partial charge in [-0.15, -0.1) is 0 Å². The van der Waals surface area contributed by atoms with Gasteiger partial charge in [0.2, 0.25) is 0 Å². The molecule has 0 saturated carbocycles. The van der Waals surface area contributed by atoms with E-state index in [1.807, 2.05) is 0 Å². The van der Waals surface area contributed by atoms with Gasteiger partial charge in [0.1, 0.15) is 0 Å². The molecule has 0 aliphatic rings. The van der Waals surface area contributed by atoms with Crippen molar-refractivity contribution in [2.45, 2.75) is 58.8 Å². The molecule has 0 amide bonds. The van der Waals surface area contributed by atoms with E-state index in [1.165, 1.54) is 50.5 Å². The Kier molecular flexibility index (Phi) is 7.46. The number of unbranched alkanes of at least 4 members (excludes halogenated alkanes) is 4. The van der Waals surface area contributed by atoms with Crippen LogP contribution in [0.2, 0.25) is 0 Å². The van der Waals surface area contributed by atoms with Crippen LogP contribution >= 0.6 is 0 Å². The van der Waals surface area contributed by atoms with Crippen LogP contribution in [0, 0.1) is 0 Å². The van der Waals surface area contributed by atoms with Gasteiger partial charge in [-0.25, -0.2) is 0 Å². The standard InChI is InChI=1S/C17H26/c1-3-5-8-12-16(13-9-6-4-2)17-14-10-7-11-15-17/h7,10-12,14-15H,3-6,8-9,13H2,1-2H3/b16-12+. The average Bonchev–Trinajstić information content (AvgIpc) is 2.38. The fourth-order valence-corrected chi connectivity index (χ4v) is 2.06. The fraction of sp³-hybridized carbons (Fsp3) is 0.529. The van der Waals surface area contributed by atoms with Crippen LogP contribution in [-0.2, 0) is 0 Å². The van der Waals surface area contributed by atoms with Crippen molar-refractivity contribution in [3.05, 3.63) is 42.0 Å². The summed E-state index contributed by atoms with van der Waals surface area (Å²) >= 11 is 0. The monoisotopic (exact) mass is 230 g/mol. The molecule has 0 N–H and O–H groups in total. The molecule has 1 aromatic carbocycles. The summed E-state index contributed by atoms with van der Waals surface area (Å²) in [5.41, 5.74) is 2.97. The molecule has 0 atom stereocenters. The summed E-state index contributed by atoms with van der Waals surface area (Å²) in [7, 11) is 0. The Morgan fingerprint density at radius 3 is 2.29 bits per heavy atom. The van der Waals surface area contributed by atoms with Gasteiger partial charge in [-0.05, 0) is 30.4 Å². The van der Waals surface area contributed by atoms with E-state index in [1.54, 1.807) is 5.57 Å². The summed E-state index contributed by atoms with van der Waals surface area (Å²) < 4.78 is 0. The van der Waals surface area contributed by atoms with E-state index in [0.717, 1.165) is 0 Å². The van der Waals surface area contributed by atoms with Gasteiger partial charge < -0.3 is 0 Å². The minimum absolute atomic E-state index is 1.23. The molecule has 0 aliphatic heterocycles. The highest BCUT2D eigenvalue weighted by Crippen LogP contribution is 2.22. The van der Waals surface area contributed by atoms with Gasteiger partial charge in [0.25, 0.3) is 0 Å². The van der Waals surface area contributed by atoms with Crippen LogP contribution in [0.4, 0.5) is 0 Å². The van der Waals surface area contributed by atoms with Crippen LogP contribution in [0.1, 0.15) is 64.4 Å². The summed E-state index contributed by atoms with van der Waals surface area (Å²) in [6.45, 7) is 4.52. The minimum Gasteiger partial charge on any atom is -0.0807 e. The molecule has 0 nitrogen and oxygen atoms in total. The van der Waals surface area contributed by atoms with Crippen molar-refractivity contribution in [3.63, 3.8) is 0 Å². The first kappa shape index (κ1) is 14.0. The number of benzene rings is 1. The van der Waals surface area contributed by atoms with Crippen molar-refractivity contribution in [2.24, 2.45) is 0 Å². The van der Waals surface area contributed by atoms with E-state index in [-0.39, 0.29) is 0 Å². The topological polar surface area (TPSA) is 0 Å². The first-order valence-electron chi connectivity index (χ1n) is 7.13. The molecule has 0 aromatic heterocycles. The largest absolute Gasteiger partial charge is 0.0807 e. The van der Waals surface area contributed by atoms with Crippen LogP contribution < -0.4 is 0 Å². The molecule has 1 rings (SSSR count). The zero-order valence-corrected chi connectivity index (χ0v) is 11.4. The second kappa shape index (κ2) is 9.04. The third-order valence-electron chi connectivity index (χ3n) is 3.14. The number of allylic oxidation sites excluding steroid dienone is 2. The predicted octanol–water partition coefficient (Wildman–Crippen LogP) is 5.84. The SMILES string of the molecule is CCCC/C=C(\CCCCC)c1ccccc1. The number of hydrogen-bond acceptors (Lipinski definition) is 0. The third-order valence-corrected chi connectivity index (χ3v) is 3.14. The molecule has 0 spiro atoms. The lowest BCUT2D eigenvalue weighted by Crippen LogP contribution is -1.86. The normalized spacial score (nSPS) is 11.8. The molecular weight excluding hydrogens is 204 g/mol. The molecule has 17 heavy (non-hydrogen) atoms. The van der Waals surface area contributed by atoms with Crippen molar-refractivity contribution < 1.29 is 0 Å². The Morgan fingerprint density at radius 1 is 0.941 bits per heavy atom. The first-order chi connectivity index (χ1) is 8.38. The smallest absolute Gasteiger partial charge is 0.0228 e. The molecule has 94 valence electrons. The fourth-order valence-electron chi connectivity index (χ4n) is 2.06. The van der Waals surface area contributed by atoms with E-state index in [4.69, 9.17) is 0 Å². The van der Waals surface area contributed by atoms with Gasteiger partial charge in [-0.1, -0.05) is 75.9 Å². The van der Waals surface area contributed by atoms with E-state index < -0.39 is 0 Å². The molecular formula is C17H26. The van der Waals surface area contributed by atoms with Crippen molar-refractivity contribution in [2.75, 3.05) is 0 Å². The van der Waals surface area contributed by atoms with Gasteiger partial charge in [0, 0.05) is 0 Å². The van der Waals surface area contributed by atoms with Crippen molar-refractivity contribution in [3.8, 4) is 0 Å². The highest BCUT2D eigenvalue weighted by molar-refractivity contribution is 5.65. The Balaban J connectivity index is 2.61. The van der Waals surface area contributed by atoms with E-state index in [2.05, 4.69) is 50.3 Å². The third kappa shape index (κ3) is 5.72. The highest BCUT2D eigenvalue weighted by Gasteiger charge is 2.00. The second-order valence-corrected chi connectivity index (χ2v) is 4.69. The Bertz CT molecular complexity index is 308. The lowest BCUT2D eigenvalue weighted by Gasteiger charge is -2.08. The van der Waals surface area contributed by atoms with Gasteiger partial charge >= 0.3 is 0 Å². The zero-order chi connectivity index (χ0) is 12.3. The van der Waals surface area contributed by atoms with E-state index in [9.17, 15) is 0 Å². The van der Waals surface area contributed by atoms with Crippen LogP contribution in [0.5, 0.6) is 0 Å². The number of rotatable bonds is 8. The average molecular weight is 230 g/mol. The van der Waals surface area contributed by atoms with Gasteiger partial charge in [-0.2, -0.15) is 0 Å². The Hall–Kier alpha value is -1.04. The van der Waals surface area contributed by atoms with Gasteiger partial charge in [0.05, 0.1) is 0 Å². The van der Waals surface area contributed by atoms with Crippen molar-refractivity contribution >= 4 is 5.57 Å². The molecule has 0 heterocycles. The lowest BCUT2D eigenvalue weighted by atomic mass is 9.98. The molecule has 0 radical (unpaired) electrons. The lowest BCUT2D eigenvalue weighted by molar-refractivity contribution is 0.733. The summed E-state index contributed by atoms with van der Waals surface area (Å²) in [6.07, 6.45) is 11.5. The highest BCUT2D eigenvalue weighted by atomic mass is 14.1. The van der Waals surface area contributed by atoms with Crippen LogP contribution in [0.3, 0.4) is 0 Å². The minimum atomic E-state index is 1.23. The second-order valence-electron chi connectivity index (χ2n) is 4.69. The maximum absolute atomic E-state index is 2.45. The molecule has 1 aromatic rings. The summed E-state index contributed by atoms with van der Waals surface area (Å²) in [4.78, 5) is 0. The van der Waals surface area contributed by atoms with Crippen LogP contribution in [0.15, 0.2) is 36.4 Å². The summed E-state index contributed by atoms with van der Waals surface area (Å²) in [5, 5.41) is 0. The van der Waals surface area contributed by atoms with Crippen LogP contribution in [-0.4, -0.2) is 0 Å². The van der Waals surface area contributed by atoms with E-state index >= 15 is 0 Å². The quantitative estimate of drug-likeness (QED) is 0.492. The molecule has 0 unspecified atom stereocenters. The maximum atomic E-state index is 2.45. The van der Waals surface area contributed by atoms with Crippen molar-refractivity contribution in [1.29, 1.82) is 0 Å². The van der Waals surface area contributed by atoms with Crippen molar-refractivity contribution in [1.82, 2.24) is 0 Å².